The van der Waals surface area contributed by atoms with Gasteiger partial charge in [-0.1, -0.05) is 46.3 Å². The molecular weight excluding hydrogens is 396 g/mol. The molecule has 4 rings (SSSR count). The van der Waals surface area contributed by atoms with Crippen molar-refractivity contribution in [1.82, 2.24) is 5.32 Å². The molecule has 2 aliphatic rings. The first-order valence-corrected chi connectivity index (χ1v) is 9.48. The van der Waals surface area contributed by atoms with E-state index in [4.69, 9.17) is 4.74 Å². The minimum absolute atomic E-state index is 0.00392. The number of carbonyl (C=O) groups excluding carboxylic acids is 2. The molecular formula is C20H19BrN2O3. The van der Waals surface area contributed by atoms with E-state index in [1.54, 1.807) is 6.07 Å². The number of halogens is 1. The SMILES string of the molecule is O=C(CN1C(=O)COc2cc(Br)ccc21)NC(c1ccccc1)C1CC1. The fourth-order valence-corrected chi connectivity index (χ4v) is 3.62. The van der Waals surface area contributed by atoms with Gasteiger partial charge >= 0.3 is 0 Å². The van der Waals surface area contributed by atoms with Crippen LogP contribution in [0, 0.1) is 5.92 Å². The maximum Gasteiger partial charge on any atom is 0.265 e. The van der Waals surface area contributed by atoms with Gasteiger partial charge in [0.25, 0.3) is 5.91 Å². The predicted molar refractivity (Wildman–Crippen MR) is 102 cm³/mol. The van der Waals surface area contributed by atoms with Crippen LogP contribution in [0.15, 0.2) is 53.0 Å². The highest BCUT2D eigenvalue weighted by Crippen LogP contribution is 2.41. The van der Waals surface area contributed by atoms with Gasteiger partial charge in [-0.2, -0.15) is 0 Å². The summed E-state index contributed by atoms with van der Waals surface area (Å²) in [6.07, 6.45) is 2.24. The number of nitrogens with one attached hydrogen (secondary N) is 1. The molecule has 6 heteroatoms. The molecule has 26 heavy (non-hydrogen) atoms. The summed E-state index contributed by atoms with van der Waals surface area (Å²) in [5, 5.41) is 3.12. The van der Waals surface area contributed by atoms with Crippen LogP contribution in [0.25, 0.3) is 0 Å². The summed E-state index contributed by atoms with van der Waals surface area (Å²) >= 11 is 3.40. The topological polar surface area (TPSA) is 58.6 Å². The molecule has 1 saturated carbocycles. The summed E-state index contributed by atoms with van der Waals surface area (Å²) in [7, 11) is 0. The molecule has 134 valence electrons. The van der Waals surface area contributed by atoms with E-state index < -0.39 is 0 Å². The number of nitrogens with zero attached hydrogens (tertiary/aromatic N) is 1. The van der Waals surface area contributed by atoms with Gasteiger partial charge in [0.1, 0.15) is 12.3 Å². The lowest BCUT2D eigenvalue weighted by Gasteiger charge is -2.29. The fraction of sp³-hybridized carbons (Fsp3) is 0.300. The van der Waals surface area contributed by atoms with Gasteiger partial charge in [-0.25, -0.2) is 0 Å². The molecule has 0 bridgehead atoms. The van der Waals surface area contributed by atoms with Crippen LogP contribution in [0.2, 0.25) is 0 Å². The van der Waals surface area contributed by atoms with Gasteiger partial charge in [-0.05, 0) is 42.5 Å². The first-order chi connectivity index (χ1) is 12.6. The summed E-state index contributed by atoms with van der Waals surface area (Å²) in [6, 6.07) is 15.4. The van der Waals surface area contributed by atoms with E-state index in [0.29, 0.717) is 17.4 Å². The predicted octanol–water partition coefficient (Wildman–Crippen LogP) is 3.44. The van der Waals surface area contributed by atoms with Crippen molar-refractivity contribution in [3.8, 4) is 5.75 Å². The Kier molecular flexibility index (Phi) is 4.68. The van der Waals surface area contributed by atoms with Gasteiger partial charge in [0.05, 0.1) is 11.7 Å². The summed E-state index contributed by atoms with van der Waals surface area (Å²) in [6.45, 7) is -0.0612. The number of carbonyl (C=O) groups is 2. The molecule has 1 aliphatic heterocycles. The minimum atomic E-state index is -0.211. The van der Waals surface area contributed by atoms with Crippen molar-refractivity contribution in [2.45, 2.75) is 18.9 Å². The van der Waals surface area contributed by atoms with Gasteiger partial charge in [-0.15, -0.1) is 0 Å². The monoisotopic (exact) mass is 414 g/mol. The van der Waals surface area contributed by atoms with Crippen molar-refractivity contribution in [2.24, 2.45) is 5.92 Å². The van der Waals surface area contributed by atoms with Gasteiger partial charge < -0.3 is 10.1 Å². The molecule has 0 aromatic heterocycles. The maximum absolute atomic E-state index is 12.7. The molecule has 0 spiro atoms. The summed E-state index contributed by atoms with van der Waals surface area (Å²) < 4.78 is 6.34. The molecule has 1 N–H and O–H groups in total. The van der Waals surface area contributed by atoms with Crippen LogP contribution in [0.4, 0.5) is 5.69 Å². The van der Waals surface area contributed by atoms with Crippen LogP contribution in [0.3, 0.4) is 0 Å². The third-order valence-corrected chi connectivity index (χ3v) is 5.23. The zero-order valence-electron chi connectivity index (χ0n) is 14.2. The number of amides is 2. The molecule has 2 amide bonds. The number of ether oxygens (including phenoxy) is 1. The molecule has 2 aromatic carbocycles. The van der Waals surface area contributed by atoms with Gasteiger partial charge in [0, 0.05) is 4.47 Å². The van der Waals surface area contributed by atoms with Gasteiger partial charge in [0.2, 0.25) is 5.91 Å². The summed E-state index contributed by atoms with van der Waals surface area (Å²) in [5.74, 6) is 0.714. The molecule has 1 atom stereocenters. The number of anilines is 1. The third-order valence-electron chi connectivity index (χ3n) is 4.74. The van der Waals surface area contributed by atoms with Crippen LogP contribution < -0.4 is 15.0 Å². The molecule has 2 aromatic rings. The average molecular weight is 415 g/mol. The van der Waals surface area contributed by atoms with Crippen LogP contribution in [-0.2, 0) is 9.59 Å². The lowest BCUT2D eigenvalue weighted by atomic mass is 10.0. The Morgan fingerprint density at radius 1 is 1.23 bits per heavy atom. The molecule has 1 heterocycles. The Morgan fingerprint density at radius 3 is 2.73 bits per heavy atom. The largest absolute Gasteiger partial charge is 0.482 e. The first kappa shape index (κ1) is 17.1. The van der Waals surface area contributed by atoms with Crippen molar-refractivity contribution < 1.29 is 14.3 Å². The smallest absolute Gasteiger partial charge is 0.265 e. The Hall–Kier alpha value is -2.34. The van der Waals surface area contributed by atoms with Crippen LogP contribution in [0.1, 0.15) is 24.4 Å². The second kappa shape index (κ2) is 7.11. The highest BCUT2D eigenvalue weighted by atomic mass is 79.9. The third kappa shape index (κ3) is 3.60. The highest BCUT2D eigenvalue weighted by Gasteiger charge is 2.34. The summed E-state index contributed by atoms with van der Waals surface area (Å²) in [4.78, 5) is 26.5. The molecule has 5 nitrogen and oxygen atoms in total. The van der Waals surface area contributed by atoms with Crippen molar-refractivity contribution in [3.63, 3.8) is 0 Å². The lowest BCUT2D eigenvalue weighted by Crippen LogP contribution is -2.46. The minimum Gasteiger partial charge on any atom is -0.482 e. The first-order valence-electron chi connectivity index (χ1n) is 8.69. The molecule has 1 unspecified atom stereocenters. The van der Waals surface area contributed by atoms with E-state index in [2.05, 4.69) is 21.2 Å². The Bertz CT molecular complexity index is 836. The fourth-order valence-electron chi connectivity index (χ4n) is 3.28. The van der Waals surface area contributed by atoms with E-state index in [-0.39, 0.29) is 31.0 Å². The zero-order chi connectivity index (χ0) is 18.1. The quantitative estimate of drug-likeness (QED) is 0.814. The molecule has 1 aliphatic carbocycles. The normalized spacial score (nSPS) is 17.3. The van der Waals surface area contributed by atoms with E-state index in [1.165, 1.54) is 4.90 Å². The van der Waals surface area contributed by atoms with Gasteiger partial charge in [-0.3, -0.25) is 14.5 Å². The second-order valence-electron chi connectivity index (χ2n) is 6.67. The van der Waals surface area contributed by atoms with Crippen molar-refractivity contribution >= 4 is 33.4 Å². The van der Waals surface area contributed by atoms with E-state index >= 15 is 0 Å². The number of hydrogen-bond acceptors (Lipinski definition) is 3. The maximum atomic E-state index is 12.7. The molecule has 0 saturated heterocycles. The molecule has 1 fully saturated rings. The van der Waals surface area contributed by atoms with Crippen molar-refractivity contribution in [1.29, 1.82) is 0 Å². The zero-order valence-corrected chi connectivity index (χ0v) is 15.7. The Morgan fingerprint density at radius 2 is 2.00 bits per heavy atom. The Balaban J connectivity index is 1.50. The lowest BCUT2D eigenvalue weighted by molar-refractivity contribution is -0.125. The second-order valence-corrected chi connectivity index (χ2v) is 7.59. The number of benzene rings is 2. The average Bonchev–Trinajstić information content (AvgIpc) is 3.48. The van der Waals surface area contributed by atoms with Crippen molar-refractivity contribution in [3.05, 3.63) is 58.6 Å². The highest BCUT2D eigenvalue weighted by molar-refractivity contribution is 9.10. The van der Waals surface area contributed by atoms with Crippen LogP contribution in [-0.4, -0.2) is 25.0 Å². The van der Waals surface area contributed by atoms with E-state index in [1.807, 2.05) is 42.5 Å². The standard InChI is InChI=1S/C20H19BrN2O3/c21-15-8-9-16-17(10-15)26-12-19(25)23(16)11-18(24)22-20(14-6-7-14)13-4-2-1-3-5-13/h1-5,8-10,14,20H,6-7,11-12H2,(H,22,24). The summed E-state index contributed by atoms with van der Waals surface area (Å²) in [5.41, 5.74) is 1.74. The number of hydrogen-bond donors (Lipinski definition) is 1. The Labute approximate surface area is 160 Å². The van der Waals surface area contributed by atoms with Crippen LogP contribution in [0.5, 0.6) is 5.75 Å². The van der Waals surface area contributed by atoms with Crippen LogP contribution >= 0.6 is 15.9 Å². The molecule has 0 radical (unpaired) electrons. The van der Waals surface area contributed by atoms with Crippen molar-refractivity contribution in [2.75, 3.05) is 18.1 Å². The number of rotatable bonds is 5. The van der Waals surface area contributed by atoms with E-state index in [9.17, 15) is 9.59 Å². The van der Waals surface area contributed by atoms with Gasteiger partial charge in [0.15, 0.2) is 6.61 Å². The van der Waals surface area contributed by atoms with E-state index in [0.717, 1.165) is 22.9 Å². The number of fused-ring (bicyclic) bond motifs is 1.